The third-order valence-electron chi connectivity index (χ3n) is 2.47. The Morgan fingerprint density at radius 3 is 2.69 bits per heavy atom. The van der Waals surface area contributed by atoms with E-state index in [1.165, 1.54) is 11.1 Å². The van der Waals surface area contributed by atoms with Crippen molar-refractivity contribution in [1.82, 2.24) is 9.38 Å². The van der Waals surface area contributed by atoms with Crippen molar-refractivity contribution in [2.75, 3.05) is 0 Å². The molecule has 2 aromatic rings. The Balaban J connectivity index is 2.70. The molecule has 0 aromatic carbocycles. The maximum Gasteiger partial charge on any atom is 0.137 e. The van der Waals surface area contributed by atoms with Crippen molar-refractivity contribution in [3.8, 4) is 0 Å². The molecule has 0 unspecified atom stereocenters. The summed E-state index contributed by atoms with van der Waals surface area (Å²) in [6, 6.07) is 2.13. The second-order valence-electron chi connectivity index (χ2n) is 3.49. The molecule has 2 heterocycles. The molecule has 0 bridgehead atoms. The number of aromatic nitrogens is 2. The summed E-state index contributed by atoms with van der Waals surface area (Å²) in [6.07, 6.45) is 5.23. The highest BCUT2D eigenvalue weighted by Gasteiger charge is 2.01. The first-order valence-corrected chi connectivity index (χ1v) is 4.65. The molecule has 0 spiro atoms. The van der Waals surface area contributed by atoms with E-state index in [0.29, 0.717) is 0 Å². The summed E-state index contributed by atoms with van der Waals surface area (Å²) in [6.45, 7) is 6.37. The summed E-state index contributed by atoms with van der Waals surface area (Å²) < 4.78 is 2.10. The summed E-state index contributed by atoms with van der Waals surface area (Å²) in [7, 11) is 0. The molecular weight excluding hydrogens is 160 g/mol. The van der Waals surface area contributed by atoms with Crippen molar-refractivity contribution in [2.45, 2.75) is 27.2 Å². The highest BCUT2D eigenvalue weighted by Crippen LogP contribution is 2.11. The highest BCUT2D eigenvalue weighted by atomic mass is 15.0. The van der Waals surface area contributed by atoms with Gasteiger partial charge in [0.25, 0.3) is 0 Å². The minimum absolute atomic E-state index is 1.000. The van der Waals surface area contributed by atoms with Gasteiger partial charge in [0.1, 0.15) is 5.65 Å². The van der Waals surface area contributed by atoms with Crippen LogP contribution in [0, 0.1) is 13.8 Å². The van der Waals surface area contributed by atoms with Gasteiger partial charge in [0, 0.05) is 12.4 Å². The number of imidazole rings is 1. The molecule has 0 saturated heterocycles. The number of nitrogens with zero attached hydrogens (tertiary/aromatic N) is 2. The molecule has 0 fully saturated rings. The van der Waals surface area contributed by atoms with Gasteiger partial charge in [-0.05, 0) is 37.5 Å². The first-order chi connectivity index (χ1) is 6.20. The standard InChI is InChI=1S/C11H14N2/c1-4-10-7-13-6-9(3)8(2)5-11(13)12-10/h5-7H,4H2,1-3H3. The number of hydrogen-bond acceptors (Lipinski definition) is 1. The summed E-state index contributed by atoms with van der Waals surface area (Å²) in [5, 5.41) is 0. The Morgan fingerprint density at radius 1 is 1.23 bits per heavy atom. The molecule has 0 aliphatic heterocycles. The molecule has 0 aliphatic carbocycles. The molecule has 2 aromatic heterocycles. The summed E-state index contributed by atoms with van der Waals surface area (Å²) >= 11 is 0. The Labute approximate surface area is 78.2 Å². The van der Waals surface area contributed by atoms with Crippen molar-refractivity contribution >= 4 is 5.65 Å². The topological polar surface area (TPSA) is 17.3 Å². The predicted octanol–water partition coefficient (Wildman–Crippen LogP) is 2.51. The molecule has 68 valence electrons. The molecule has 2 nitrogen and oxygen atoms in total. The minimum atomic E-state index is 1.000. The molecule has 0 N–H and O–H groups in total. The molecule has 0 aliphatic rings. The van der Waals surface area contributed by atoms with Crippen molar-refractivity contribution in [2.24, 2.45) is 0 Å². The normalized spacial score (nSPS) is 11.0. The maximum absolute atomic E-state index is 4.50. The largest absolute Gasteiger partial charge is 0.307 e. The molecule has 2 heteroatoms. The Kier molecular flexibility index (Phi) is 1.83. The summed E-state index contributed by atoms with van der Waals surface area (Å²) in [5.74, 6) is 0. The van der Waals surface area contributed by atoms with Gasteiger partial charge in [-0.25, -0.2) is 4.98 Å². The first-order valence-electron chi connectivity index (χ1n) is 4.65. The van der Waals surface area contributed by atoms with Crippen LogP contribution in [0.1, 0.15) is 23.7 Å². The molecule has 0 saturated carbocycles. The summed E-state index contributed by atoms with van der Waals surface area (Å²) in [4.78, 5) is 4.50. The van der Waals surface area contributed by atoms with E-state index in [-0.39, 0.29) is 0 Å². The van der Waals surface area contributed by atoms with Gasteiger partial charge < -0.3 is 4.40 Å². The third-order valence-corrected chi connectivity index (χ3v) is 2.47. The van der Waals surface area contributed by atoms with Crippen LogP contribution in [-0.2, 0) is 6.42 Å². The van der Waals surface area contributed by atoms with Crippen LogP contribution in [0.2, 0.25) is 0 Å². The van der Waals surface area contributed by atoms with E-state index in [1.54, 1.807) is 0 Å². The smallest absolute Gasteiger partial charge is 0.137 e. The van der Waals surface area contributed by atoms with E-state index in [9.17, 15) is 0 Å². The average molecular weight is 174 g/mol. The van der Waals surface area contributed by atoms with E-state index >= 15 is 0 Å². The number of pyridine rings is 1. The van der Waals surface area contributed by atoms with E-state index < -0.39 is 0 Å². The average Bonchev–Trinajstić information content (AvgIpc) is 2.48. The molecule has 0 radical (unpaired) electrons. The van der Waals surface area contributed by atoms with Gasteiger partial charge in [0.2, 0.25) is 0 Å². The van der Waals surface area contributed by atoms with Gasteiger partial charge in [0.15, 0.2) is 0 Å². The zero-order chi connectivity index (χ0) is 9.42. The number of aryl methyl sites for hydroxylation is 3. The number of hydrogen-bond donors (Lipinski definition) is 0. The Hall–Kier alpha value is -1.31. The first kappa shape index (κ1) is 8.30. The van der Waals surface area contributed by atoms with Crippen LogP contribution < -0.4 is 0 Å². The lowest BCUT2D eigenvalue weighted by molar-refractivity contribution is 1.07. The van der Waals surface area contributed by atoms with Gasteiger partial charge in [-0.3, -0.25) is 0 Å². The van der Waals surface area contributed by atoms with Crippen LogP contribution in [0.15, 0.2) is 18.5 Å². The van der Waals surface area contributed by atoms with E-state index in [1.807, 2.05) is 0 Å². The summed E-state index contributed by atoms with van der Waals surface area (Å²) in [5.41, 5.74) is 4.83. The second-order valence-corrected chi connectivity index (χ2v) is 3.49. The fourth-order valence-electron chi connectivity index (χ4n) is 1.46. The van der Waals surface area contributed by atoms with Crippen LogP contribution >= 0.6 is 0 Å². The van der Waals surface area contributed by atoms with E-state index in [2.05, 4.69) is 48.6 Å². The fourth-order valence-corrected chi connectivity index (χ4v) is 1.46. The lowest BCUT2D eigenvalue weighted by Gasteiger charge is -1.99. The van der Waals surface area contributed by atoms with E-state index in [0.717, 1.165) is 17.8 Å². The SMILES string of the molecule is CCc1cn2cc(C)c(C)cc2n1. The minimum Gasteiger partial charge on any atom is -0.307 e. The predicted molar refractivity (Wildman–Crippen MR) is 54.0 cm³/mol. The van der Waals surface area contributed by atoms with E-state index in [4.69, 9.17) is 0 Å². The zero-order valence-corrected chi connectivity index (χ0v) is 8.33. The number of fused-ring (bicyclic) bond motifs is 1. The van der Waals surface area contributed by atoms with Crippen LogP contribution in [0.5, 0.6) is 0 Å². The molecule has 0 amide bonds. The Bertz CT molecular complexity index is 402. The van der Waals surface area contributed by atoms with Gasteiger partial charge in [-0.15, -0.1) is 0 Å². The van der Waals surface area contributed by atoms with Crippen molar-refractivity contribution < 1.29 is 0 Å². The van der Waals surface area contributed by atoms with Gasteiger partial charge in [0.05, 0.1) is 5.69 Å². The van der Waals surface area contributed by atoms with Crippen molar-refractivity contribution in [3.05, 3.63) is 35.3 Å². The Morgan fingerprint density at radius 2 is 2.00 bits per heavy atom. The van der Waals surface area contributed by atoms with Crippen molar-refractivity contribution in [1.29, 1.82) is 0 Å². The molecule has 2 rings (SSSR count). The molecule has 0 atom stereocenters. The third kappa shape index (κ3) is 1.32. The fraction of sp³-hybridized carbons (Fsp3) is 0.364. The quantitative estimate of drug-likeness (QED) is 0.649. The van der Waals surface area contributed by atoms with Crippen LogP contribution in [0.25, 0.3) is 5.65 Å². The monoisotopic (exact) mass is 174 g/mol. The van der Waals surface area contributed by atoms with Crippen molar-refractivity contribution in [3.63, 3.8) is 0 Å². The van der Waals surface area contributed by atoms with Crippen LogP contribution in [-0.4, -0.2) is 9.38 Å². The lowest BCUT2D eigenvalue weighted by atomic mass is 10.2. The van der Waals surface area contributed by atoms with Gasteiger partial charge >= 0.3 is 0 Å². The van der Waals surface area contributed by atoms with Gasteiger partial charge in [-0.1, -0.05) is 6.92 Å². The highest BCUT2D eigenvalue weighted by molar-refractivity contribution is 5.45. The molecule has 13 heavy (non-hydrogen) atoms. The second kappa shape index (κ2) is 2.87. The van der Waals surface area contributed by atoms with Gasteiger partial charge in [-0.2, -0.15) is 0 Å². The zero-order valence-electron chi connectivity index (χ0n) is 8.33. The van der Waals surface area contributed by atoms with Crippen LogP contribution in [0.3, 0.4) is 0 Å². The molecular formula is C11H14N2. The van der Waals surface area contributed by atoms with Crippen LogP contribution in [0.4, 0.5) is 0 Å². The lowest BCUT2D eigenvalue weighted by Crippen LogP contribution is -1.87. The number of rotatable bonds is 1. The maximum atomic E-state index is 4.50.